The lowest BCUT2D eigenvalue weighted by atomic mass is 10.2. The molecule has 0 saturated heterocycles. The van der Waals surface area contributed by atoms with Crippen LogP contribution in [0.25, 0.3) is 10.7 Å². The van der Waals surface area contributed by atoms with Crippen LogP contribution in [0.5, 0.6) is 5.75 Å². The molecule has 3 rings (SSSR count). The van der Waals surface area contributed by atoms with Gasteiger partial charge in [0.05, 0.1) is 11.5 Å². The van der Waals surface area contributed by atoms with E-state index >= 15 is 0 Å². The second kappa shape index (κ2) is 7.62. The summed E-state index contributed by atoms with van der Waals surface area (Å²) in [6.45, 7) is 4.28. The number of carbonyl (C=O) groups is 1. The minimum Gasteiger partial charge on any atom is -0.494 e. The molecule has 1 aromatic carbocycles. The molecule has 0 unspecified atom stereocenters. The highest BCUT2D eigenvalue weighted by atomic mass is 32.1. The van der Waals surface area contributed by atoms with Gasteiger partial charge >= 0.3 is 0 Å². The van der Waals surface area contributed by atoms with Crippen LogP contribution >= 0.6 is 23.6 Å². The van der Waals surface area contributed by atoms with Crippen molar-refractivity contribution in [1.29, 1.82) is 0 Å². The van der Waals surface area contributed by atoms with E-state index in [0.717, 1.165) is 4.88 Å². The average Bonchev–Trinajstić information content (AvgIpc) is 3.24. The molecule has 2 N–H and O–H groups in total. The first-order valence-corrected chi connectivity index (χ1v) is 9.13. The van der Waals surface area contributed by atoms with E-state index in [9.17, 15) is 4.79 Å². The number of aromatic nitrogens is 3. The number of rotatable bonds is 6. The Morgan fingerprint density at radius 2 is 2.28 bits per heavy atom. The molecule has 0 radical (unpaired) electrons. The van der Waals surface area contributed by atoms with Crippen LogP contribution in [0.15, 0.2) is 41.8 Å². The molecule has 6 nitrogen and oxygen atoms in total. The van der Waals surface area contributed by atoms with Crippen molar-refractivity contribution in [3.8, 4) is 16.5 Å². The largest absolute Gasteiger partial charge is 0.494 e. The van der Waals surface area contributed by atoms with E-state index in [0.29, 0.717) is 28.6 Å². The highest BCUT2D eigenvalue weighted by Gasteiger charge is 2.21. The number of hydrogen-bond acceptors (Lipinski definition) is 5. The number of nitrogens with one attached hydrogen (secondary N) is 2. The van der Waals surface area contributed by atoms with Gasteiger partial charge < -0.3 is 10.1 Å². The van der Waals surface area contributed by atoms with E-state index in [1.54, 1.807) is 28.9 Å². The first kappa shape index (κ1) is 17.4. The predicted octanol–water partition coefficient (Wildman–Crippen LogP) is 4.27. The molecule has 130 valence electrons. The third-order valence-electron chi connectivity index (χ3n) is 3.63. The molecular formula is C17H18N4O2S2. The monoisotopic (exact) mass is 374 g/mol. The second-order valence-corrected chi connectivity index (χ2v) is 6.66. The number of aromatic amines is 1. The molecule has 3 aromatic rings. The summed E-state index contributed by atoms with van der Waals surface area (Å²) in [5.41, 5.74) is 0.676. The van der Waals surface area contributed by atoms with E-state index < -0.39 is 6.04 Å². The minimum absolute atomic E-state index is 0.177. The highest BCUT2D eigenvalue weighted by Crippen LogP contribution is 2.26. The fourth-order valence-electron chi connectivity index (χ4n) is 2.44. The fourth-order valence-corrected chi connectivity index (χ4v) is 3.44. The number of benzene rings is 1. The van der Waals surface area contributed by atoms with Gasteiger partial charge in [-0.25, -0.2) is 0 Å². The average molecular weight is 374 g/mol. The van der Waals surface area contributed by atoms with Crippen molar-refractivity contribution in [1.82, 2.24) is 14.8 Å². The van der Waals surface area contributed by atoms with Crippen molar-refractivity contribution >= 4 is 35.1 Å². The van der Waals surface area contributed by atoms with Gasteiger partial charge in [-0.15, -0.1) is 11.3 Å². The molecule has 25 heavy (non-hydrogen) atoms. The Morgan fingerprint density at radius 3 is 3.00 bits per heavy atom. The van der Waals surface area contributed by atoms with Crippen LogP contribution in [-0.4, -0.2) is 27.3 Å². The van der Waals surface area contributed by atoms with Gasteiger partial charge in [0.15, 0.2) is 10.6 Å². The zero-order chi connectivity index (χ0) is 17.8. The van der Waals surface area contributed by atoms with Crippen molar-refractivity contribution in [3.05, 3.63) is 46.5 Å². The second-order valence-electron chi connectivity index (χ2n) is 5.33. The van der Waals surface area contributed by atoms with Crippen molar-refractivity contribution < 1.29 is 9.53 Å². The van der Waals surface area contributed by atoms with Crippen molar-refractivity contribution in [2.45, 2.75) is 19.9 Å². The Kier molecular flexibility index (Phi) is 5.30. The van der Waals surface area contributed by atoms with Gasteiger partial charge in [0.25, 0.3) is 0 Å². The molecule has 1 atom stereocenters. The number of nitrogens with zero attached hydrogens (tertiary/aromatic N) is 2. The quantitative estimate of drug-likeness (QED) is 0.632. The topological polar surface area (TPSA) is 71.9 Å². The fraction of sp³-hybridized carbons (Fsp3) is 0.235. The maximum absolute atomic E-state index is 12.7. The Labute approximate surface area is 154 Å². The van der Waals surface area contributed by atoms with Crippen molar-refractivity contribution in [2.24, 2.45) is 0 Å². The number of ether oxygens (including phenoxy) is 1. The van der Waals surface area contributed by atoms with Gasteiger partial charge in [0, 0.05) is 11.8 Å². The van der Waals surface area contributed by atoms with Gasteiger partial charge in [0.2, 0.25) is 5.91 Å². The van der Waals surface area contributed by atoms with Crippen LogP contribution in [0.2, 0.25) is 0 Å². The first-order valence-electron chi connectivity index (χ1n) is 7.84. The Hall–Kier alpha value is -2.45. The van der Waals surface area contributed by atoms with Crippen LogP contribution in [0.4, 0.5) is 5.69 Å². The Morgan fingerprint density at radius 1 is 1.44 bits per heavy atom. The molecule has 2 heterocycles. The summed E-state index contributed by atoms with van der Waals surface area (Å²) in [5, 5.41) is 11.9. The number of hydrogen-bond donors (Lipinski definition) is 2. The molecule has 0 aliphatic carbocycles. The van der Waals surface area contributed by atoms with Crippen LogP contribution in [-0.2, 0) is 4.79 Å². The molecule has 0 aliphatic rings. The SMILES string of the molecule is CCOc1cccc(NC(=O)[C@@H](C)n2c(-c3cccs3)n[nH]c2=S)c1. The van der Waals surface area contributed by atoms with Crippen LogP contribution in [0.3, 0.4) is 0 Å². The van der Waals surface area contributed by atoms with Gasteiger partial charge in [-0.1, -0.05) is 12.1 Å². The molecule has 0 fully saturated rings. The van der Waals surface area contributed by atoms with E-state index in [2.05, 4.69) is 15.5 Å². The first-order chi connectivity index (χ1) is 12.1. The lowest BCUT2D eigenvalue weighted by Gasteiger charge is -2.15. The van der Waals surface area contributed by atoms with Gasteiger partial charge in [-0.3, -0.25) is 14.5 Å². The minimum atomic E-state index is -0.515. The zero-order valence-electron chi connectivity index (χ0n) is 13.9. The van der Waals surface area contributed by atoms with Crippen LogP contribution < -0.4 is 10.1 Å². The van der Waals surface area contributed by atoms with Crippen LogP contribution in [0, 0.1) is 4.77 Å². The summed E-state index contributed by atoms with van der Waals surface area (Å²) < 4.78 is 7.60. The van der Waals surface area contributed by atoms with E-state index in [1.807, 2.05) is 42.6 Å². The van der Waals surface area contributed by atoms with Crippen molar-refractivity contribution in [3.63, 3.8) is 0 Å². The summed E-state index contributed by atoms with van der Waals surface area (Å²) in [6.07, 6.45) is 0. The molecule has 0 spiro atoms. The summed E-state index contributed by atoms with van der Waals surface area (Å²) in [5.74, 6) is 1.20. The summed E-state index contributed by atoms with van der Waals surface area (Å²) in [6, 6.07) is 10.7. The normalized spacial score (nSPS) is 11.9. The molecule has 1 amide bonds. The Balaban J connectivity index is 1.83. The number of H-pyrrole nitrogens is 1. The molecule has 0 saturated carbocycles. The zero-order valence-corrected chi connectivity index (χ0v) is 15.5. The summed E-state index contributed by atoms with van der Waals surface area (Å²) in [7, 11) is 0. The van der Waals surface area contributed by atoms with E-state index in [1.165, 1.54) is 0 Å². The van der Waals surface area contributed by atoms with Crippen molar-refractivity contribution in [2.75, 3.05) is 11.9 Å². The Bertz CT molecular complexity index is 915. The van der Waals surface area contributed by atoms with Gasteiger partial charge in [-0.2, -0.15) is 5.10 Å². The lowest BCUT2D eigenvalue weighted by molar-refractivity contribution is -0.118. The van der Waals surface area contributed by atoms with Gasteiger partial charge in [-0.05, 0) is 49.6 Å². The standard InChI is InChI=1S/C17H18N4O2S2/c1-3-23-13-7-4-6-12(10-13)18-16(22)11(2)21-15(19-20-17(21)24)14-8-5-9-25-14/h4-11H,3H2,1-2H3,(H,18,22)(H,20,24)/t11-/m1/s1. The predicted molar refractivity (Wildman–Crippen MR) is 102 cm³/mol. The number of anilines is 1. The lowest BCUT2D eigenvalue weighted by Crippen LogP contribution is -2.24. The van der Waals surface area contributed by atoms with Crippen LogP contribution in [0.1, 0.15) is 19.9 Å². The molecule has 0 aliphatic heterocycles. The van der Waals surface area contributed by atoms with E-state index in [4.69, 9.17) is 17.0 Å². The number of amides is 1. The number of thiophene rings is 1. The molecule has 8 heteroatoms. The third kappa shape index (κ3) is 3.80. The maximum Gasteiger partial charge on any atom is 0.247 e. The molecular weight excluding hydrogens is 356 g/mol. The van der Waals surface area contributed by atoms with Gasteiger partial charge in [0.1, 0.15) is 11.8 Å². The van der Waals surface area contributed by atoms with E-state index in [-0.39, 0.29) is 5.91 Å². The third-order valence-corrected chi connectivity index (χ3v) is 4.78. The highest BCUT2D eigenvalue weighted by molar-refractivity contribution is 7.71. The summed E-state index contributed by atoms with van der Waals surface area (Å²) in [4.78, 5) is 13.6. The molecule has 2 aromatic heterocycles. The number of carbonyl (C=O) groups excluding carboxylic acids is 1. The maximum atomic E-state index is 12.7. The summed E-state index contributed by atoms with van der Waals surface area (Å²) >= 11 is 6.86. The molecule has 0 bridgehead atoms. The smallest absolute Gasteiger partial charge is 0.247 e.